The Morgan fingerprint density at radius 3 is 2.88 bits per heavy atom. The molecule has 0 unspecified atom stereocenters. The van der Waals surface area contributed by atoms with Gasteiger partial charge in [-0.15, -0.1) is 0 Å². The molecule has 3 atom stereocenters. The summed E-state index contributed by atoms with van der Waals surface area (Å²) in [4.78, 5) is 20.4. The van der Waals surface area contributed by atoms with Crippen LogP contribution in [0, 0.1) is 25.7 Å². The van der Waals surface area contributed by atoms with E-state index in [0.717, 1.165) is 50.5 Å². The molecule has 3 aliphatic rings. The van der Waals surface area contributed by atoms with Crippen LogP contribution in [0.2, 0.25) is 0 Å². The van der Waals surface area contributed by atoms with E-state index in [2.05, 4.69) is 10.1 Å². The molecular weight excluding hydrogens is 322 g/mol. The van der Waals surface area contributed by atoms with Crippen molar-refractivity contribution < 1.29 is 18.9 Å². The number of carbonyl (C=O) groups excluding carboxylic acids is 1. The third-order valence-electron chi connectivity index (χ3n) is 5.80. The number of aromatic nitrogens is 1. The van der Waals surface area contributed by atoms with E-state index >= 15 is 0 Å². The Labute approximate surface area is 148 Å². The minimum Gasteiger partial charge on any atom is -0.376 e. The van der Waals surface area contributed by atoms with E-state index in [1.807, 2.05) is 13.8 Å². The van der Waals surface area contributed by atoms with Crippen molar-refractivity contribution in [2.24, 2.45) is 11.8 Å². The van der Waals surface area contributed by atoms with Crippen molar-refractivity contribution >= 4 is 5.91 Å². The first kappa shape index (κ1) is 17.0. The van der Waals surface area contributed by atoms with Gasteiger partial charge in [-0.2, -0.15) is 0 Å². The number of ether oxygens (including phenoxy) is 1. The SMILES string of the molecule is Cc1noc(C)c1CN1C[C@H]2[C@@H](CC(=O)N3CCCCO3)CO[C@H]2C1. The molecule has 0 bridgehead atoms. The van der Waals surface area contributed by atoms with Gasteiger partial charge in [0.2, 0.25) is 5.91 Å². The highest BCUT2D eigenvalue weighted by Gasteiger charge is 2.45. The summed E-state index contributed by atoms with van der Waals surface area (Å²) in [6.07, 6.45) is 2.84. The highest BCUT2D eigenvalue weighted by atomic mass is 16.7. The number of nitrogens with zero attached hydrogens (tertiary/aromatic N) is 3. The van der Waals surface area contributed by atoms with Crippen LogP contribution in [0.3, 0.4) is 0 Å². The lowest BCUT2D eigenvalue weighted by atomic mass is 9.90. The molecule has 0 radical (unpaired) electrons. The molecule has 0 saturated carbocycles. The van der Waals surface area contributed by atoms with Crippen LogP contribution in [0.15, 0.2) is 4.52 Å². The van der Waals surface area contributed by atoms with Crippen LogP contribution in [0.25, 0.3) is 0 Å². The molecule has 138 valence electrons. The number of hydroxylamine groups is 2. The molecule has 1 amide bonds. The Kier molecular flexibility index (Phi) is 4.80. The molecule has 0 spiro atoms. The molecule has 0 aliphatic carbocycles. The Morgan fingerprint density at radius 1 is 1.28 bits per heavy atom. The van der Waals surface area contributed by atoms with Gasteiger partial charge in [-0.25, -0.2) is 5.06 Å². The lowest BCUT2D eigenvalue weighted by molar-refractivity contribution is -0.198. The highest BCUT2D eigenvalue weighted by Crippen LogP contribution is 2.36. The van der Waals surface area contributed by atoms with Gasteiger partial charge in [0.1, 0.15) is 5.76 Å². The molecule has 4 rings (SSSR count). The molecule has 4 heterocycles. The predicted molar refractivity (Wildman–Crippen MR) is 89.5 cm³/mol. The number of fused-ring (bicyclic) bond motifs is 1. The standard InChI is InChI=1S/C18H27N3O4/c1-12-15(13(2)25-19-12)8-20-9-16-14(11-23-17(16)10-20)7-18(22)21-5-3-4-6-24-21/h14,16-17H,3-11H2,1-2H3/t14-,16-,17-/m0/s1. The Morgan fingerprint density at radius 2 is 2.16 bits per heavy atom. The number of amides is 1. The number of rotatable bonds is 4. The van der Waals surface area contributed by atoms with Gasteiger partial charge in [0.25, 0.3) is 0 Å². The first-order chi connectivity index (χ1) is 12.1. The summed E-state index contributed by atoms with van der Waals surface area (Å²) in [5, 5.41) is 5.60. The van der Waals surface area contributed by atoms with Gasteiger partial charge in [0.15, 0.2) is 0 Å². The minimum absolute atomic E-state index is 0.109. The van der Waals surface area contributed by atoms with E-state index in [0.29, 0.717) is 25.6 Å². The number of hydrogen-bond acceptors (Lipinski definition) is 6. The lowest BCUT2D eigenvalue weighted by Gasteiger charge is -2.27. The van der Waals surface area contributed by atoms with Crippen molar-refractivity contribution in [1.82, 2.24) is 15.1 Å². The van der Waals surface area contributed by atoms with E-state index < -0.39 is 0 Å². The van der Waals surface area contributed by atoms with Crippen LogP contribution in [0.1, 0.15) is 36.3 Å². The topological polar surface area (TPSA) is 68.0 Å². The summed E-state index contributed by atoms with van der Waals surface area (Å²) >= 11 is 0. The second-order valence-electron chi connectivity index (χ2n) is 7.53. The molecule has 1 aromatic rings. The Bertz CT molecular complexity index is 606. The van der Waals surface area contributed by atoms with Crippen molar-refractivity contribution in [2.45, 2.75) is 45.8 Å². The second-order valence-corrected chi connectivity index (χ2v) is 7.53. The fourth-order valence-electron chi connectivity index (χ4n) is 4.29. The predicted octanol–water partition coefficient (Wildman–Crippen LogP) is 1.68. The van der Waals surface area contributed by atoms with Gasteiger partial charge in [-0.3, -0.25) is 14.5 Å². The summed E-state index contributed by atoms with van der Waals surface area (Å²) in [5.74, 6) is 1.72. The highest BCUT2D eigenvalue weighted by molar-refractivity contribution is 5.75. The zero-order chi connectivity index (χ0) is 17.4. The zero-order valence-electron chi connectivity index (χ0n) is 15.1. The average molecular weight is 349 g/mol. The normalized spacial score (nSPS) is 30.0. The maximum atomic E-state index is 12.5. The molecule has 25 heavy (non-hydrogen) atoms. The largest absolute Gasteiger partial charge is 0.376 e. The molecule has 3 aliphatic heterocycles. The smallest absolute Gasteiger partial charge is 0.246 e. The second kappa shape index (κ2) is 7.05. The van der Waals surface area contributed by atoms with Gasteiger partial charge in [-0.1, -0.05) is 5.16 Å². The maximum Gasteiger partial charge on any atom is 0.246 e. The van der Waals surface area contributed by atoms with Crippen LogP contribution in [-0.4, -0.2) is 60.0 Å². The molecule has 0 N–H and O–H groups in total. The van der Waals surface area contributed by atoms with E-state index in [-0.39, 0.29) is 17.9 Å². The third-order valence-corrected chi connectivity index (χ3v) is 5.80. The Balaban J connectivity index is 1.34. The molecule has 3 saturated heterocycles. The molecule has 7 nitrogen and oxygen atoms in total. The van der Waals surface area contributed by atoms with Gasteiger partial charge in [-0.05, 0) is 32.6 Å². The molecule has 0 aromatic carbocycles. The summed E-state index contributed by atoms with van der Waals surface area (Å²) < 4.78 is 11.3. The first-order valence-electron chi connectivity index (χ1n) is 9.31. The molecular formula is C18H27N3O4. The van der Waals surface area contributed by atoms with E-state index in [4.69, 9.17) is 14.1 Å². The number of aryl methyl sites for hydroxylation is 2. The summed E-state index contributed by atoms with van der Waals surface area (Å²) in [6, 6.07) is 0. The van der Waals surface area contributed by atoms with E-state index in [9.17, 15) is 4.79 Å². The van der Waals surface area contributed by atoms with Crippen molar-refractivity contribution in [3.8, 4) is 0 Å². The quantitative estimate of drug-likeness (QED) is 0.824. The average Bonchev–Trinajstić information content (AvgIpc) is 3.28. The fourth-order valence-corrected chi connectivity index (χ4v) is 4.29. The fraction of sp³-hybridized carbons (Fsp3) is 0.778. The third kappa shape index (κ3) is 3.45. The van der Waals surface area contributed by atoms with Gasteiger partial charge < -0.3 is 9.26 Å². The molecule has 3 fully saturated rings. The van der Waals surface area contributed by atoms with E-state index in [1.54, 1.807) is 5.06 Å². The summed E-state index contributed by atoms with van der Waals surface area (Å²) in [7, 11) is 0. The number of likely N-dealkylation sites (tertiary alicyclic amines) is 1. The van der Waals surface area contributed by atoms with Gasteiger partial charge in [0.05, 0.1) is 25.0 Å². The van der Waals surface area contributed by atoms with E-state index in [1.165, 1.54) is 5.56 Å². The van der Waals surface area contributed by atoms with Crippen LogP contribution >= 0.6 is 0 Å². The molecule has 1 aromatic heterocycles. The molecule has 7 heteroatoms. The number of hydrogen-bond donors (Lipinski definition) is 0. The van der Waals surface area contributed by atoms with Gasteiger partial charge >= 0.3 is 0 Å². The van der Waals surface area contributed by atoms with Crippen molar-refractivity contribution in [3.05, 3.63) is 17.0 Å². The van der Waals surface area contributed by atoms with Gasteiger partial charge in [0, 0.05) is 44.1 Å². The number of carbonyl (C=O) groups is 1. The van der Waals surface area contributed by atoms with Crippen molar-refractivity contribution in [3.63, 3.8) is 0 Å². The zero-order valence-corrected chi connectivity index (χ0v) is 15.1. The van der Waals surface area contributed by atoms with Crippen LogP contribution in [0.4, 0.5) is 0 Å². The minimum atomic E-state index is 0.109. The monoisotopic (exact) mass is 349 g/mol. The van der Waals surface area contributed by atoms with Crippen molar-refractivity contribution in [1.29, 1.82) is 0 Å². The first-order valence-corrected chi connectivity index (χ1v) is 9.31. The lowest BCUT2D eigenvalue weighted by Crippen LogP contribution is -2.37. The summed E-state index contributed by atoms with van der Waals surface area (Å²) in [5.41, 5.74) is 2.14. The summed E-state index contributed by atoms with van der Waals surface area (Å²) in [6.45, 7) is 8.74. The van der Waals surface area contributed by atoms with Crippen LogP contribution in [0.5, 0.6) is 0 Å². The van der Waals surface area contributed by atoms with Crippen LogP contribution in [-0.2, 0) is 20.9 Å². The Hall–Kier alpha value is -1.44. The van der Waals surface area contributed by atoms with Crippen LogP contribution < -0.4 is 0 Å². The van der Waals surface area contributed by atoms with Crippen molar-refractivity contribution in [2.75, 3.05) is 32.8 Å². The maximum absolute atomic E-state index is 12.5.